The predicted octanol–water partition coefficient (Wildman–Crippen LogP) is 4.48. The van der Waals surface area contributed by atoms with Gasteiger partial charge in [0.05, 0.1) is 18.2 Å². The van der Waals surface area contributed by atoms with Crippen LogP contribution in [0.15, 0.2) is 42.5 Å². The zero-order valence-electron chi connectivity index (χ0n) is 16.6. The first-order chi connectivity index (χ1) is 13.3. The number of hydrazine groups is 1. The van der Waals surface area contributed by atoms with Gasteiger partial charge in [0.25, 0.3) is 0 Å². The van der Waals surface area contributed by atoms with Gasteiger partial charge in [-0.15, -0.1) is 0 Å². The Hall–Kier alpha value is -2.96. The highest BCUT2D eigenvalue weighted by molar-refractivity contribution is 5.80. The Labute approximate surface area is 164 Å². The topological polar surface area (TPSA) is 83.7 Å². The summed E-state index contributed by atoms with van der Waals surface area (Å²) in [4.78, 5) is 28.3. The van der Waals surface area contributed by atoms with Crippen LogP contribution in [0.5, 0.6) is 0 Å². The SMILES string of the molecule is CC(C)OC(=O)NN(C(=O)OC(C)C)[C@H]1CC=C[C@@H]1c1cc2ccccc2[nH]1. The van der Waals surface area contributed by atoms with Gasteiger partial charge in [0.1, 0.15) is 0 Å². The van der Waals surface area contributed by atoms with E-state index in [1.807, 2.05) is 36.4 Å². The number of ether oxygens (including phenoxy) is 2. The molecule has 0 fully saturated rings. The van der Waals surface area contributed by atoms with Crippen LogP contribution >= 0.6 is 0 Å². The second-order valence-corrected chi connectivity index (χ2v) is 7.44. The number of aromatic nitrogens is 1. The number of carbonyl (C=O) groups excluding carboxylic acids is 2. The molecule has 1 heterocycles. The van der Waals surface area contributed by atoms with Crippen molar-refractivity contribution >= 4 is 23.1 Å². The first-order valence-electron chi connectivity index (χ1n) is 9.56. The molecule has 1 aliphatic rings. The van der Waals surface area contributed by atoms with Crippen molar-refractivity contribution in [3.05, 3.63) is 48.2 Å². The molecule has 2 N–H and O–H groups in total. The monoisotopic (exact) mass is 385 g/mol. The third kappa shape index (κ3) is 4.47. The van der Waals surface area contributed by atoms with Crippen LogP contribution in [-0.4, -0.2) is 40.4 Å². The van der Waals surface area contributed by atoms with Crippen LogP contribution in [0.2, 0.25) is 0 Å². The van der Waals surface area contributed by atoms with E-state index < -0.39 is 12.2 Å². The van der Waals surface area contributed by atoms with Gasteiger partial charge in [-0.25, -0.2) is 20.0 Å². The van der Waals surface area contributed by atoms with E-state index in [0.717, 1.165) is 16.6 Å². The van der Waals surface area contributed by atoms with Crippen LogP contribution in [-0.2, 0) is 9.47 Å². The number of fused-ring (bicyclic) bond motifs is 1. The molecule has 2 atom stereocenters. The number of para-hydroxylation sites is 1. The average Bonchev–Trinajstić information content (AvgIpc) is 3.24. The second-order valence-electron chi connectivity index (χ2n) is 7.44. The summed E-state index contributed by atoms with van der Waals surface area (Å²) in [7, 11) is 0. The maximum atomic E-state index is 12.7. The summed E-state index contributed by atoms with van der Waals surface area (Å²) < 4.78 is 10.5. The van der Waals surface area contributed by atoms with Crippen molar-refractivity contribution in [2.75, 3.05) is 0 Å². The number of aromatic amines is 1. The molecule has 0 saturated heterocycles. The van der Waals surface area contributed by atoms with Crippen LogP contribution in [0, 0.1) is 0 Å². The number of rotatable bonds is 4. The molecule has 2 aromatic rings. The van der Waals surface area contributed by atoms with Gasteiger partial charge in [-0.1, -0.05) is 30.4 Å². The quantitative estimate of drug-likeness (QED) is 0.600. The van der Waals surface area contributed by atoms with E-state index in [4.69, 9.17) is 9.47 Å². The lowest BCUT2D eigenvalue weighted by atomic mass is 9.99. The van der Waals surface area contributed by atoms with Crippen molar-refractivity contribution in [1.82, 2.24) is 15.4 Å². The minimum Gasteiger partial charge on any atom is -0.446 e. The molecule has 0 bridgehead atoms. The number of amides is 2. The Balaban J connectivity index is 1.86. The van der Waals surface area contributed by atoms with Crippen molar-refractivity contribution in [3.8, 4) is 0 Å². The van der Waals surface area contributed by atoms with E-state index in [2.05, 4.69) is 16.5 Å². The Bertz CT molecular complexity index is 838. The van der Waals surface area contributed by atoms with Crippen molar-refractivity contribution in [2.24, 2.45) is 0 Å². The van der Waals surface area contributed by atoms with Crippen molar-refractivity contribution in [2.45, 2.75) is 58.3 Å². The molecule has 150 valence electrons. The smallest absolute Gasteiger partial charge is 0.429 e. The molecule has 0 radical (unpaired) electrons. The van der Waals surface area contributed by atoms with Gasteiger partial charge in [0.2, 0.25) is 0 Å². The van der Waals surface area contributed by atoms with Crippen molar-refractivity contribution < 1.29 is 19.1 Å². The highest BCUT2D eigenvalue weighted by Gasteiger charge is 2.36. The zero-order chi connectivity index (χ0) is 20.3. The molecule has 28 heavy (non-hydrogen) atoms. The largest absolute Gasteiger partial charge is 0.446 e. The fourth-order valence-corrected chi connectivity index (χ4v) is 3.35. The van der Waals surface area contributed by atoms with E-state index in [1.165, 1.54) is 5.01 Å². The van der Waals surface area contributed by atoms with Gasteiger partial charge < -0.3 is 14.5 Å². The highest BCUT2D eigenvalue weighted by atomic mass is 16.6. The van der Waals surface area contributed by atoms with Gasteiger partial charge in [-0.05, 0) is 51.6 Å². The molecule has 0 saturated carbocycles. The summed E-state index contributed by atoms with van der Waals surface area (Å²) in [5.41, 5.74) is 4.57. The Kier molecular flexibility index (Phi) is 5.92. The molecule has 7 heteroatoms. The molecule has 2 amide bonds. The Morgan fingerprint density at radius 3 is 2.54 bits per heavy atom. The van der Waals surface area contributed by atoms with Crippen LogP contribution in [0.4, 0.5) is 9.59 Å². The summed E-state index contributed by atoms with van der Waals surface area (Å²) >= 11 is 0. The summed E-state index contributed by atoms with van der Waals surface area (Å²) in [6.07, 6.45) is 2.75. The van der Waals surface area contributed by atoms with Crippen LogP contribution in [0.1, 0.15) is 45.7 Å². The number of nitrogens with zero attached hydrogens (tertiary/aromatic N) is 1. The molecule has 7 nitrogen and oxygen atoms in total. The second kappa shape index (κ2) is 8.37. The minimum atomic E-state index is -0.682. The van der Waals surface area contributed by atoms with Crippen molar-refractivity contribution in [1.29, 1.82) is 0 Å². The third-order valence-corrected chi connectivity index (χ3v) is 4.46. The molecule has 1 aromatic carbocycles. The van der Waals surface area contributed by atoms with E-state index >= 15 is 0 Å². The molecule has 1 aliphatic carbocycles. The van der Waals surface area contributed by atoms with Crippen LogP contribution in [0.3, 0.4) is 0 Å². The lowest BCUT2D eigenvalue weighted by Gasteiger charge is -2.32. The summed E-state index contributed by atoms with van der Waals surface area (Å²) in [5, 5.41) is 2.35. The summed E-state index contributed by atoms with van der Waals surface area (Å²) in [6, 6.07) is 9.75. The minimum absolute atomic E-state index is 0.105. The molecule has 1 aromatic heterocycles. The first-order valence-corrected chi connectivity index (χ1v) is 9.56. The van der Waals surface area contributed by atoms with E-state index in [-0.39, 0.29) is 24.2 Å². The number of nitrogens with one attached hydrogen (secondary N) is 2. The highest BCUT2D eigenvalue weighted by Crippen LogP contribution is 2.33. The lowest BCUT2D eigenvalue weighted by molar-refractivity contribution is 0.0304. The summed E-state index contributed by atoms with van der Waals surface area (Å²) in [5.74, 6) is -0.105. The maximum Gasteiger partial charge on any atom is 0.429 e. The zero-order valence-corrected chi connectivity index (χ0v) is 16.6. The Morgan fingerprint density at radius 1 is 1.14 bits per heavy atom. The lowest BCUT2D eigenvalue weighted by Crippen LogP contribution is -2.54. The third-order valence-electron chi connectivity index (χ3n) is 4.46. The predicted molar refractivity (Wildman–Crippen MR) is 107 cm³/mol. The maximum absolute atomic E-state index is 12.7. The Morgan fingerprint density at radius 2 is 1.86 bits per heavy atom. The van der Waals surface area contributed by atoms with Gasteiger partial charge in [0, 0.05) is 17.1 Å². The standard InChI is InChI=1S/C21H27N3O4/c1-13(2)27-20(25)23-24(21(26)28-14(3)4)19-11-7-9-16(19)18-12-15-8-5-6-10-17(15)22-18/h5-10,12-14,16,19,22H,11H2,1-4H3,(H,23,25)/t16-,19+/m1/s1. The van der Waals surface area contributed by atoms with E-state index in [0.29, 0.717) is 6.42 Å². The van der Waals surface area contributed by atoms with E-state index in [1.54, 1.807) is 27.7 Å². The van der Waals surface area contributed by atoms with Crippen molar-refractivity contribution in [3.63, 3.8) is 0 Å². The number of carbonyl (C=O) groups is 2. The van der Waals surface area contributed by atoms with Gasteiger partial charge >= 0.3 is 12.2 Å². The average molecular weight is 385 g/mol. The number of hydrogen-bond acceptors (Lipinski definition) is 4. The normalized spacial score (nSPS) is 18.6. The molecule has 0 unspecified atom stereocenters. The number of hydrogen-bond donors (Lipinski definition) is 2. The van der Waals surface area contributed by atoms with Gasteiger partial charge in [-0.2, -0.15) is 0 Å². The fourth-order valence-electron chi connectivity index (χ4n) is 3.35. The molecular weight excluding hydrogens is 358 g/mol. The molecule has 0 spiro atoms. The van der Waals surface area contributed by atoms with Crippen LogP contribution < -0.4 is 5.43 Å². The number of benzene rings is 1. The molecular formula is C21H27N3O4. The van der Waals surface area contributed by atoms with E-state index in [9.17, 15) is 9.59 Å². The van der Waals surface area contributed by atoms with Gasteiger partial charge in [0.15, 0.2) is 0 Å². The molecule has 3 rings (SSSR count). The number of H-pyrrole nitrogens is 1. The molecule has 0 aliphatic heterocycles. The first kappa shape index (κ1) is 19.8. The summed E-state index contributed by atoms with van der Waals surface area (Å²) in [6.45, 7) is 7.04. The van der Waals surface area contributed by atoms with Crippen LogP contribution in [0.25, 0.3) is 10.9 Å². The van der Waals surface area contributed by atoms with Gasteiger partial charge in [-0.3, -0.25) is 0 Å². The fraction of sp³-hybridized carbons (Fsp3) is 0.429.